The third kappa shape index (κ3) is 3.96. The summed E-state index contributed by atoms with van der Waals surface area (Å²) < 4.78 is 24.4. The molecule has 0 bridgehead atoms. The van der Waals surface area contributed by atoms with E-state index in [0.29, 0.717) is 12.2 Å². The molecular weight excluding hydrogens is 259 g/mol. The van der Waals surface area contributed by atoms with E-state index in [4.69, 9.17) is 9.47 Å². The third-order valence-corrected chi connectivity index (χ3v) is 2.79. The standard InChI is InChI=1S/C16H17FO3/c1-12(18)13-7-8-16(15(17)11-13)20-10-9-19-14-5-3-2-4-6-14/h2-8,11-12,18H,9-10H2,1H3/t12-/m1/s1. The minimum atomic E-state index is -0.694. The maximum absolute atomic E-state index is 13.7. The van der Waals surface area contributed by atoms with Crippen molar-refractivity contribution in [1.82, 2.24) is 0 Å². The summed E-state index contributed by atoms with van der Waals surface area (Å²) in [5, 5.41) is 9.35. The predicted molar refractivity (Wildman–Crippen MR) is 74.5 cm³/mol. The minimum Gasteiger partial charge on any atom is -0.490 e. The molecule has 3 nitrogen and oxygen atoms in total. The molecule has 0 saturated carbocycles. The van der Waals surface area contributed by atoms with E-state index >= 15 is 0 Å². The molecule has 0 aliphatic carbocycles. The maximum atomic E-state index is 13.7. The van der Waals surface area contributed by atoms with Crippen molar-refractivity contribution in [2.75, 3.05) is 13.2 Å². The Morgan fingerprint density at radius 3 is 2.40 bits per heavy atom. The summed E-state index contributed by atoms with van der Waals surface area (Å²) in [6, 6.07) is 13.8. The van der Waals surface area contributed by atoms with Crippen LogP contribution in [-0.4, -0.2) is 18.3 Å². The molecule has 2 aromatic rings. The lowest BCUT2D eigenvalue weighted by Crippen LogP contribution is -2.09. The van der Waals surface area contributed by atoms with Crippen LogP contribution in [0.4, 0.5) is 4.39 Å². The zero-order chi connectivity index (χ0) is 14.4. The highest BCUT2D eigenvalue weighted by Gasteiger charge is 2.07. The second-order valence-corrected chi connectivity index (χ2v) is 4.38. The SMILES string of the molecule is C[C@@H](O)c1ccc(OCCOc2ccccc2)c(F)c1. The molecule has 0 unspecified atom stereocenters. The second kappa shape index (κ2) is 6.91. The van der Waals surface area contributed by atoms with Gasteiger partial charge in [-0.05, 0) is 36.8 Å². The molecule has 0 amide bonds. The molecule has 106 valence electrons. The number of benzene rings is 2. The number of ether oxygens (including phenoxy) is 2. The van der Waals surface area contributed by atoms with E-state index in [2.05, 4.69) is 0 Å². The summed E-state index contributed by atoms with van der Waals surface area (Å²) in [5.41, 5.74) is 0.524. The molecular formula is C16H17FO3. The van der Waals surface area contributed by atoms with E-state index in [0.717, 1.165) is 5.75 Å². The molecule has 2 aromatic carbocycles. The van der Waals surface area contributed by atoms with Crippen molar-refractivity contribution in [3.05, 3.63) is 59.9 Å². The van der Waals surface area contributed by atoms with Gasteiger partial charge in [-0.2, -0.15) is 0 Å². The highest BCUT2D eigenvalue weighted by atomic mass is 19.1. The van der Waals surface area contributed by atoms with E-state index in [1.807, 2.05) is 30.3 Å². The summed E-state index contributed by atoms with van der Waals surface area (Å²) in [6.07, 6.45) is -0.694. The predicted octanol–water partition coefficient (Wildman–Crippen LogP) is 3.34. The molecule has 20 heavy (non-hydrogen) atoms. The second-order valence-electron chi connectivity index (χ2n) is 4.38. The fourth-order valence-electron chi connectivity index (χ4n) is 1.72. The van der Waals surface area contributed by atoms with Crippen LogP contribution in [0, 0.1) is 5.82 Å². The van der Waals surface area contributed by atoms with Crippen molar-refractivity contribution in [1.29, 1.82) is 0 Å². The Labute approximate surface area is 117 Å². The molecule has 1 atom stereocenters. The monoisotopic (exact) mass is 276 g/mol. The van der Waals surface area contributed by atoms with E-state index in [1.165, 1.54) is 12.1 Å². The van der Waals surface area contributed by atoms with Crippen LogP contribution in [-0.2, 0) is 0 Å². The van der Waals surface area contributed by atoms with Crippen LogP contribution in [0.5, 0.6) is 11.5 Å². The molecule has 0 spiro atoms. The van der Waals surface area contributed by atoms with Gasteiger partial charge in [-0.1, -0.05) is 24.3 Å². The van der Waals surface area contributed by atoms with Gasteiger partial charge in [-0.3, -0.25) is 0 Å². The third-order valence-electron chi connectivity index (χ3n) is 2.79. The molecule has 0 aliphatic rings. The van der Waals surface area contributed by atoms with Crippen LogP contribution in [0.25, 0.3) is 0 Å². The van der Waals surface area contributed by atoms with E-state index < -0.39 is 11.9 Å². The summed E-state index contributed by atoms with van der Waals surface area (Å²) in [7, 11) is 0. The van der Waals surface area contributed by atoms with E-state index in [-0.39, 0.29) is 12.4 Å². The number of para-hydroxylation sites is 1. The van der Waals surface area contributed by atoms with Gasteiger partial charge in [-0.15, -0.1) is 0 Å². The lowest BCUT2D eigenvalue weighted by Gasteiger charge is -2.10. The Balaban J connectivity index is 1.82. The number of hydrogen-bond donors (Lipinski definition) is 1. The molecule has 0 radical (unpaired) electrons. The number of hydrogen-bond acceptors (Lipinski definition) is 3. The lowest BCUT2D eigenvalue weighted by molar-refractivity contribution is 0.197. The average Bonchev–Trinajstić information content (AvgIpc) is 2.46. The average molecular weight is 276 g/mol. The van der Waals surface area contributed by atoms with Crippen molar-refractivity contribution in [3.8, 4) is 11.5 Å². The maximum Gasteiger partial charge on any atom is 0.165 e. The Kier molecular flexibility index (Phi) is 4.96. The first-order valence-electron chi connectivity index (χ1n) is 6.45. The van der Waals surface area contributed by atoms with Gasteiger partial charge >= 0.3 is 0 Å². The Hall–Kier alpha value is -2.07. The molecule has 0 aliphatic heterocycles. The molecule has 0 aromatic heterocycles. The topological polar surface area (TPSA) is 38.7 Å². The van der Waals surface area contributed by atoms with E-state index in [1.54, 1.807) is 13.0 Å². The fraction of sp³-hybridized carbons (Fsp3) is 0.250. The minimum absolute atomic E-state index is 0.158. The van der Waals surface area contributed by atoms with Crippen LogP contribution >= 0.6 is 0 Å². The molecule has 4 heteroatoms. The fourth-order valence-corrected chi connectivity index (χ4v) is 1.72. The first-order chi connectivity index (χ1) is 9.66. The first-order valence-corrected chi connectivity index (χ1v) is 6.45. The van der Waals surface area contributed by atoms with Crippen molar-refractivity contribution < 1.29 is 19.0 Å². The summed E-state index contributed by atoms with van der Waals surface area (Å²) in [5.74, 6) is 0.426. The van der Waals surface area contributed by atoms with Gasteiger partial charge in [-0.25, -0.2) is 4.39 Å². The Morgan fingerprint density at radius 1 is 1.05 bits per heavy atom. The Morgan fingerprint density at radius 2 is 1.75 bits per heavy atom. The van der Waals surface area contributed by atoms with Crippen molar-refractivity contribution in [2.45, 2.75) is 13.0 Å². The van der Waals surface area contributed by atoms with Crippen LogP contribution in [0.2, 0.25) is 0 Å². The van der Waals surface area contributed by atoms with Crippen LogP contribution in [0.3, 0.4) is 0 Å². The zero-order valence-corrected chi connectivity index (χ0v) is 11.3. The van der Waals surface area contributed by atoms with Gasteiger partial charge in [0, 0.05) is 0 Å². The molecule has 0 saturated heterocycles. The van der Waals surface area contributed by atoms with Crippen LogP contribution in [0.15, 0.2) is 48.5 Å². The van der Waals surface area contributed by atoms with Crippen molar-refractivity contribution in [3.63, 3.8) is 0 Å². The largest absolute Gasteiger partial charge is 0.490 e. The van der Waals surface area contributed by atoms with Crippen LogP contribution < -0.4 is 9.47 Å². The number of halogens is 1. The molecule has 0 fully saturated rings. The van der Waals surface area contributed by atoms with Gasteiger partial charge in [0.25, 0.3) is 0 Å². The van der Waals surface area contributed by atoms with Gasteiger partial charge in [0.15, 0.2) is 11.6 Å². The van der Waals surface area contributed by atoms with E-state index in [9.17, 15) is 9.50 Å². The first kappa shape index (κ1) is 14.3. The van der Waals surface area contributed by atoms with Crippen LogP contribution in [0.1, 0.15) is 18.6 Å². The smallest absolute Gasteiger partial charge is 0.165 e. The molecule has 2 rings (SSSR count). The number of aliphatic hydroxyl groups excluding tert-OH is 1. The van der Waals surface area contributed by atoms with Crippen molar-refractivity contribution >= 4 is 0 Å². The van der Waals surface area contributed by atoms with Crippen molar-refractivity contribution in [2.24, 2.45) is 0 Å². The lowest BCUT2D eigenvalue weighted by atomic mass is 10.1. The molecule has 0 heterocycles. The Bertz CT molecular complexity index is 541. The zero-order valence-electron chi connectivity index (χ0n) is 11.3. The summed E-state index contributed by atoms with van der Waals surface area (Å²) >= 11 is 0. The van der Waals surface area contributed by atoms with Gasteiger partial charge in [0.05, 0.1) is 6.10 Å². The summed E-state index contributed by atoms with van der Waals surface area (Å²) in [6.45, 7) is 2.17. The summed E-state index contributed by atoms with van der Waals surface area (Å²) in [4.78, 5) is 0. The number of rotatable bonds is 6. The number of aliphatic hydroxyl groups is 1. The van der Waals surface area contributed by atoms with Gasteiger partial charge in [0.1, 0.15) is 19.0 Å². The molecule has 1 N–H and O–H groups in total. The van der Waals surface area contributed by atoms with Gasteiger partial charge in [0.2, 0.25) is 0 Å². The highest BCUT2D eigenvalue weighted by Crippen LogP contribution is 2.21. The van der Waals surface area contributed by atoms with Gasteiger partial charge < -0.3 is 14.6 Å². The highest BCUT2D eigenvalue weighted by molar-refractivity contribution is 5.30. The quantitative estimate of drug-likeness (QED) is 0.822. The normalized spacial score (nSPS) is 11.9.